The van der Waals surface area contributed by atoms with E-state index in [2.05, 4.69) is 6.58 Å². The van der Waals surface area contributed by atoms with Crippen LogP contribution in [0, 0.1) is 0 Å². The Morgan fingerprint density at radius 3 is 1.74 bits per heavy atom. The topological polar surface area (TPSA) is 81.7 Å². The average Bonchev–Trinajstić information content (AvgIpc) is 2.77. The minimum Gasteiger partial charge on any atom is -0.493 e. The Balaban J connectivity index is 2.49. The van der Waals surface area contributed by atoms with Crippen molar-refractivity contribution in [3.05, 3.63) is 48.0 Å². The van der Waals surface area contributed by atoms with Gasteiger partial charge in [0, 0.05) is 0 Å². The van der Waals surface area contributed by atoms with Crippen LogP contribution in [0.15, 0.2) is 36.9 Å². The molecule has 8 nitrogen and oxygen atoms in total. The molecule has 170 valence electrons. The summed E-state index contributed by atoms with van der Waals surface area (Å²) in [6, 6.07) is 8.74. The molecule has 2 aromatic rings. The van der Waals surface area contributed by atoms with Gasteiger partial charge in [-0.1, -0.05) is 12.6 Å². The van der Waals surface area contributed by atoms with Crippen LogP contribution in [0.3, 0.4) is 0 Å². The molecule has 0 heterocycles. The van der Waals surface area contributed by atoms with E-state index in [0.717, 1.165) is 5.56 Å². The maximum Gasteiger partial charge on any atom is 0.530 e. The van der Waals surface area contributed by atoms with E-state index in [1.165, 1.54) is 14.2 Å². The zero-order valence-electron chi connectivity index (χ0n) is 18.7. The molecule has 0 aromatic heterocycles. The third kappa shape index (κ3) is 5.73. The third-order valence-corrected chi connectivity index (χ3v) is 5.88. The zero-order chi connectivity index (χ0) is 23.0. The second kappa shape index (κ2) is 11.1. The first-order valence-electron chi connectivity index (χ1n) is 9.62. The SMILES string of the molecule is C=C(c1ccc(OC)c(OP(=O)(OCC)OCC)c1)c1cc(OC)c(OC)c(OC)c1. The van der Waals surface area contributed by atoms with Crippen molar-refractivity contribution >= 4 is 13.4 Å². The first kappa shape index (κ1) is 24.6. The second-order valence-electron chi connectivity index (χ2n) is 6.13. The highest BCUT2D eigenvalue weighted by Gasteiger charge is 2.29. The number of hydrogen-bond acceptors (Lipinski definition) is 8. The predicted octanol–water partition coefficient (Wildman–Crippen LogP) is 5.34. The molecule has 0 fully saturated rings. The molecule has 2 rings (SSSR count). The van der Waals surface area contributed by atoms with Crippen molar-refractivity contribution in [2.75, 3.05) is 41.7 Å². The van der Waals surface area contributed by atoms with E-state index in [1.54, 1.807) is 52.3 Å². The number of ether oxygens (including phenoxy) is 4. The van der Waals surface area contributed by atoms with Gasteiger partial charge in [-0.3, -0.25) is 9.05 Å². The van der Waals surface area contributed by atoms with Crippen LogP contribution in [0.1, 0.15) is 25.0 Å². The lowest BCUT2D eigenvalue weighted by Crippen LogP contribution is -2.04. The van der Waals surface area contributed by atoms with Crippen LogP contribution < -0.4 is 23.5 Å². The van der Waals surface area contributed by atoms with E-state index in [0.29, 0.717) is 34.1 Å². The van der Waals surface area contributed by atoms with Crippen LogP contribution >= 0.6 is 7.82 Å². The maximum absolute atomic E-state index is 12.8. The van der Waals surface area contributed by atoms with Gasteiger partial charge in [-0.25, -0.2) is 4.57 Å². The van der Waals surface area contributed by atoms with E-state index in [4.69, 9.17) is 32.5 Å². The Kier molecular flexibility index (Phi) is 8.80. The number of rotatable bonds is 12. The van der Waals surface area contributed by atoms with Gasteiger partial charge in [0.05, 0.1) is 41.7 Å². The number of benzene rings is 2. The molecule has 0 atom stereocenters. The molecule has 0 aliphatic rings. The smallest absolute Gasteiger partial charge is 0.493 e. The van der Waals surface area contributed by atoms with E-state index in [9.17, 15) is 4.57 Å². The molecule has 0 aliphatic heterocycles. The highest BCUT2D eigenvalue weighted by atomic mass is 31.2. The summed E-state index contributed by atoms with van der Waals surface area (Å²) in [4.78, 5) is 0. The summed E-state index contributed by atoms with van der Waals surface area (Å²) in [6.07, 6.45) is 0. The van der Waals surface area contributed by atoms with E-state index in [1.807, 2.05) is 6.07 Å². The fourth-order valence-electron chi connectivity index (χ4n) is 2.88. The van der Waals surface area contributed by atoms with Crippen LogP contribution in [-0.4, -0.2) is 41.7 Å². The van der Waals surface area contributed by atoms with Gasteiger partial charge in [0.2, 0.25) is 5.75 Å². The number of phosphoric acid groups is 1. The van der Waals surface area contributed by atoms with E-state index in [-0.39, 0.29) is 19.0 Å². The van der Waals surface area contributed by atoms with E-state index < -0.39 is 7.82 Å². The van der Waals surface area contributed by atoms with Crippen LogP contribution in [0.25, 0.3) is 5.57 Å². The summed E-state index contributed by atoms with van der Waals surface area (Å²) in [5.74, 6) is 2.06. The van der Waals surface area contributed by atoms with Gasteiger partial charge in [0.25, 0.3) is 0 Å². The Hall–Kier alpha value is -2.67. The molecule has 9 heteroatoms. The van der Waals surface area contributed by atoms with Crippen molar-refractivity contribution in [2.24, 2.45) is 0 Å². The van der Waals surface area contributed by atoms with Crippen LogP contribution in [0.4, 0.5) is 0 Å². The Morgan fingerprint density at radius 2 is 1.29 bits per heavy atom. The average molecular weight is 452 g/mol. The fourth-order valence-corrected chi connectivity index (χ4v) is 4.08. The molecule has 0 bridgehead atoms. The van der Waals surface area contributed by atoms with Crippen molar-refractivity contribution in [3.8, 4) is 28.7 Å². The van der Waals surface area contributed by atoms with Crippen molar-refractivity contribution in [2.45, 2.75) is 13.8 Å². The van der Waals surface area contributed by atoms with Crippen molar-refractivity contribution < 1.29 is 37.1 Å². The molecular weight excluding hydrogens is 423 g/mol. The molecular formula is C22H29O8P. The van der Waals surface area contributed by atoms with Gasteiger partial charge in [-0.2, -0.15) is 0 Å². The summed E-state index contributed by atoms with van der Waals surface area (Å²) >= 11 is 0. The molecule has 31 heavy (non-hydrogen) atoms. The Bertz CT molecular complexity index is 922. The normalized spacial score (nSPS) is 11.0. The van der Waals surface area contributed by atoms with Gasteiger partial charge in [-0.15, -0.1) is 0 Å². The van der Waals surface area contributed by atoms with Crippen molar-refractivity contribution in [1.82, 2.24) is 0 Å². The number of methoxy groups -OCH3 is 4. The lowest BCUT2D eigenvalue weighted by atomic mass is 9.98. The lowest BCUT2D eigenvalue weighted by Gasteiger charge is -2.20. The molecule has 0 aliphatic carbocycles. The molecule has 0 N–H and O–H groups in total. The monoisotopic (exact) mass is 452 g/mol. The minimum atomic E-state index is -3.81. The molecule has 0 saturated heterocycles. The van der Waals surface area contributed by atoms with Crippen LogP contribution in [-0.2, 0) is 13.6 Å². The lowest BCUT2D eigenvalue weighted by molar-refractivity contribution is 0.166. The molecule has 0 saturated carbocycles. The van der Waals surface area contributed by atoms with Gasteiger partial charge in [0.1, 0.15) is 0 Å². The number of phosphoric ester groups is 1. The standard InChI is InChI=1S/C22H29O8P/c1-8-28-31(23,29-9-2)30-19-12-16(10-11-18(19)24-4)15(3)17-13-20(25-5)22(27-7)21(14-17)26-6/h10-14H,3,8-9H2,1-2,4-7H3. The summed E-state index contributed by atoms with van der Waals surface area (Å²) < 4.78 is 50.5. The first-order valence-corrected chi connectivity index (χ1v) is 11.1. The van der Waals surface area contributed by atoms with Gasteiger partial charge in [0.15, 0.2) is 23.0 Å². The molecule has 0 amide bonds. The molecule has 0 spiro atoms. The third-order valence-electron chi connectivity index (χ3n) is 4.31. The summed E-state index contributed by atoms with van der Waals surface area (Å²) in [5, 5.41) is 0. The Morgan fingerprint density at radius 1 is 0.774 bits per heavy atom. The summed E-state index contributed by atoms with van der Waals surface area (Å²) in [6.45, 7) is 7.92. The largest absolute Gasteiger partial charge is 0.530 e. The van der Waals surface area contributed by atoms with Gasteiger partial charge < -0.3 is 23.5 Å². The maximum atomic E-state index is 12.8. The van der Waals surface area contributed by atoms with Gasteiger partial charge >= 0.3 is 7.82 Å². The first-order chi connectivity index (χ1) is 14.9. The quantitative estimate of drug-likeness (QED) is 0.399. The molecule has 0 radical (unpaired) electrons. The van der Waals surface area contributed by atoms with Gasteiger partial charge in [-0.05, 0) is 54.8 Å². The van der Waals surface area contributed by atoms with Crippen molar-refractivity contribution in [3.63, 3.8) is 0 Å². The minimum absolute atomic E-state index is 0.164. The van der Waals surface area contributed by atoms with Crippen molar-refractivity contribution in [1.29, 1.82) is 0 Å². The highest BCUT2D eigenvalue weighted by molar-refractivity contribution is 7.48. The van der Waals surface area contributed by atoms with Crippen LogP contribution in [0.2, 0.25) is 0 Å². The predicted molar refractivity (Wildman–Crippen MR) is 119 cm³/mol. The highest BCUT2D eigenvalue weighted by Crippen LogP contribution is 2.52. The fraction of sp³-hybridized carbons (Fsp3) is 0.364. The Labute approximate surface area is 183 Å². The molecule has 2 aromatic carbocycles. The summed E-state index contributed by atoms with van der Waals surface area (Å²) in [5.41, 5.74) is 2.09. The van der Waals surface area contributed by atoms with E-state index >= 15 is 0 Å². The van der Waals surface area contributed by atoms with Crippen LogP contribution in [0.5, 0.6) is 28.7 Å². The second-order valence-corrected chi connectivity index (χ2v) is 7.73. The molecule has 0 unspecified atom stereocenters. The summed E-state index contributed by atoms with van der Waals surface area (Å²) in [7, 11) is 2.31. The zero-order valence-corrected chi connectivity index (χ0v) is 19.6. The number of hydrogen-bond donors (Lipinski definition) is 0.